The Bertz CT molecular complexity index is 1130. The molecule has 0 atom stereocenters. The number of methoxy groups -OCH3 is 1. The summed E-state index contributed by atoms with van der Waals surface area (Å²) in [6.45, 7) is 0.0915. The van der Waals surface area contributed by atoms with Gasteiger partial charge in [-0.25, -0.2) is 4.68 Å². The fourth-order valence-electron chi connectivity index (χ4n) is 2.86. The minimum Gasteiger partial charge on any atom is -0.497 e. The van der Waals surface area contributed by atoms with Crippen LogP contribution < -0.4 is 10.1 Å². The number of hydrogen-bond acceptors (Lipinski definition) is 4. The molecule has 2 heterocycles. The molecule has 2 aromatic heterocycles. The molecule has 4 aromatic rings. The first-order valence-corrected chi connectivity index (χ1v) is 9.27. The molecular formula is C21H18ClN5O2. The van der Waals surface area contributed by atoms with E-state index in [4.69, 9.17) is 16.3 Å². The molecule has 0 saturated carbocycles. The number of amides is 1. The first-order valence-electron chi connectivity index (χ1n) is 8.89. The molecule has 0 aliphatic heterocycles. The van der Waals surface area contributed by atoms with Crippen LogP contribution in [0, 0.1) is 0 Å². The minimum atomic E-state index is -0.194. The maximum absolute atomic E-state index is 12.4. The van der Waals surface area contributed by atoms with E-state index in [2.05, 4.69) is 15.5 Å². The Morgan fingerprint density at radius 3 is 2.76 bits per heavy atom. The van der Waals surface area contributed by atoms with Crippen molar-refractivity contribution in [2.24, 2.45) is 0 Å². The fourth-order valence-corrected chi connectivity index (χ4v) is 3.05. The Balaban J connectivity index is 1.39. The highest BCUT2D eigenvalue weighted by molar-refractivity contribution is 6.30. The van der Waals surface area contributed by atoms with Crippen LogP contribution in [0.2, 0.25) is 5.02 Å². The van der Waals surface area contributed by atoms with E-state index in [9.17, 15) is 4.79 Å². The van der Waals surface area contributed by atoms with Crippen molar-refractivity contribution >= 4 is 23.2 Å². The van der Waals surface area contributed by atoms with Gasteiger partial charge in [0, 0.05) is 16.8 Å². The molecule has 0 spiro atoms. The van der Waals surface area contributed by atoms with Gasteiger partial charge in [-0.05, 0) is 42.5 Å². The van der Waals surface area contributed by atoms with Gasteiger partial charge in [-0.3, -0.25) is 9.48 Å². The van der Waals surface area contributed by atoms with Gasteiger partial charge in [0.05, 0.1) is 36.6 Å². The second kappa shape index (κ2) is 8.20. The average Bonchev–Trinajstić information content (AvgIpc) is 3.38. The number of aromatic nitrogens is 4. The lowest BCUT2D eigenvalue weighted by Gasteiger charge is -2.04. The monoisotopic (exact) mass is 407 g/mol. The molecule has 0 fully saturated rings. The number of carbonyl (C=O) groups excluding carboxylic acids is 1. The van der Waals surface area contributed by atoms with Gasteiger partial charge < -0.3 is 10.1 Å². The van der Waals surface area contributed by atoms with Crippen molar-refractivity contribution in [2.75, 3.05) is 12.4 Å². The summed E-state index contributed by atoms with van der Waals surface area (Å²) in [5.74, 6) is 0.575. The van der Waals surface area contributed by atoms with Gasteiger partial charge in [-0.1, -0.05) is 23.7 Å². The van der Waals surface area contributed by atoms with E-state index in [0.717, 1.165) is 22.7 Å². The maximum atomic E-state index is 12.4. The average molecular weight is 408 g/mol. The van der Waals surface area contributed by atoms with Gasteiger partial charge in [0.1, 0.15) is 12.3 Å². The molecule has 8 heteroatoms. The Hall–Kier alpha value is -3.58. The Morgan fingerprint density at radius 2 is 2.00 bits per heavy atom. The number of rotatable bonds is 6. The van der Waals surface area contributed by atoms with Gasteiger partial charge in [-0.15, -0.1) is 0 Å². The molecule has 7 nitrogen and oxygen atoms in total. The Kier molecular flexibility index (Phi) is 5.31. The van der Waals surface area contributed by atoms with Crippen LogP contribution in [0.5, 0.6) is 5.75 Å². The van der Waals surface area contributed by atoms with Crippen LogP contribution in [0.15, 0.2) is 73.2 Å². The highest BCUT2D eigenvalue weighted by Gasteiger charge is 2.09. The van der Waals surface area contributed by atoms with Gasteiger partial charge in [-0.2, -0.15) is 10.2 Å². The molecular weight excluding hydrogens is 390 g/mol. The summed E-state index contributed by atoms with van der Waals surface area (Å²) in [6, 6.07) is 16.8. The summed E-state index contributed by atoms with van der Waals surface area (Å²) in [4.78, 5) is 12.4. The zero-order chi connectivity index (χ0) is 20.2. The van der Waals surface area contributed by atoms with Crippen molar-refractivity contribution in [1.82, 2.24) is 19.6 Å². The third-order valence-corrected chi connectivity index (χ3v) is 4.51. The number of anilines is 1. The predicted octanol–water partition coefficient (Wildman–Crippen LogP) is 4.04. The van der Waals surface area contributed by atoms with E-state index in [1.807, 2.05) is 54.6 Å². The van der Waals surface area contributed by atoms with E-state index in [0.29, 0.717) is 10.7 Å². The lowest BCUT2D eigenvalue weighted by molar-refractivity contribution is -0.116. The van der Waals surface area contributed by atoms with Crippen LogP contribution in [0.1, 0.15) is 0 Å². The zero-order valence-electron chi connectivity index (χ0n) is 15.6. The smallest absolute Gasteiger partial charge is 0.246 e. The normalized spacial score (nSPS) is 10.7. The summed E-state index contributed by atoms with van der Waals surface area (Å²) in [5, 5.41) is 12.2. The Labute approximate surface area is 172 Å². The highest BCUT2D eigenvalue weighted by Crippen LogP contribution is 2.21. The number of hydrogen-bond donors (Lipinski definition) is 1. The summed E-state index contributed by atoms with van der Waals surface area (Å²) < 4.78 is 8.42. The third kappa shape index (κ3) is 4.47. The number of carbonyl (C=O) groups is 1. The van der Waals surface area contributed by atoms with Gasteiger partial charge in [0.15, 0.2) is 0 Å². The van der Waals surface area contributed by atoms with Crippen LogP contribution in [0.3, 0.4) is 0 Å². The van der Waals surface area contributed by atoms with E-state index < -0.39 is 0 Å². The Morgan fingerprint density at radius 1 is 1.17 bits per heavy atom. The number of halogens is 1. The van der Waals surface area contributed by atoms with Gasteiger partial charge in [0.2, 0.25) is 5.91 Å². The van der Waals surface area contributed by atoms with Crippen molar-refractivity contribution in [1.29, 1.82) is 0 Å². The van der Waals surface area contributed by atoms with E-state index in [1.54, 1.807) is 35.1 Å². The second-order valence-corrected chi connectivity index (χ2v) is 6.77. The number of nitrogens with one attached hydrogen (secondary N) is 1. The predicted molar refractivity (Wildman–Crippen MR) is 111 cm³/mol. The van der Waals surface area contributed by atoms with Crippen LogP contribution >= 0.6 is 11.6 Å². The molecule has 1 N–H and O–H groups in total. The maximum Gasteiger partial charge on any atom is 0.246 e. The molecule has 146 valence electrons. The molecule has 29 heavy (non-hydrogen) atoms. The molecule has 0 bridgehead atoms. The molecule has 0 aliphatic carbocycles. The van der Waals surface area contributed by atoms with E-state index in [1.165, 1.54) is 0 Å². The molecule has 0 unspecified atom stereocenters. The summed E-state index contributed by atoms with van der Waals surface area (Å²) in [7, 11) is 1.62. The second-order valence-electron chi connectivity index (χ2n) is 6.33. The van der Waals surface area contributed by atoms with E-state index >= 15 is 0 Å². The van der Waals surface area contributed by atoms with Crippen molar-refractivity contribution in [3.63, 3.8) is 0 Å². The summed E-state index contributed by atoms with van der Waals surface area (Å²) in [6.07, 6.45) is 5.11. The van der Waals surface area contributed by atoms with Crippen molar-refractivity contribution in [3.05, 3.63) is 78.2 Å². The zero-order valence-corrected chi connectivity index (χ0v) is 16.4. The van der Waals surface area contributed by atoms with Crippen molar-refractivity contribution in [2.45, 2.75) is 6.54 Å². The SMILES string of the molecule is COc1ccc(-n2cc(NC(=O)Cn3ccc(-c4cccc(Cl)c4)n3)cn2)cc1. The molecule has 2 aromatic carbocycles. The number of ether oxygens (including phenoxy) is 1. The van der Waals surface area contributed by atoms with Crippen LogP contribution in [-0.4, -0.2) is 32.6 Å². The van der Waals surface area contributed by atoms with Crippen molar-refractivity contribution in [3.8, 4) is 22.7 Å². The van der Waals surface area contributed by atoms with Crippen LogP contribution in [0.25, 0.3) is 16.9 Å². The third-order valence-electron chi connectivity index (χ3n) is 4.27. The van der Waals surface area contributed by atoms with E-state index in [-0.39, 0.29) is 12.5 Å². The molecule has 4 rings (SSSR count). The first-order chi connectivity index (χ1) is 14.1. The molecule has 1 amide bonds. The summed E-state index contributed by atoms with van der Waals surface area (Å²) in [5.41, 5.74) is 3.13. The highest BCUT2D eigenvalue weighted by atomic mass is 35.5. The summed E-state index contributed by atoms with van der Waals surface area (Å²) >= 11 is 6.02. The largest absolute Gasteiger partial charge is 0.497 e. The van der Waals surface area contributed by atoms with Crippen LogP contribution in [0.4, 0.5) is 5.69 Å². The molecule has 0 radical (unpaired) electrons. The standard InChI is InChI=1S/C21H18ClN5O2/c1-29-19-7-5-18(6-8-19)27-13-17(12-23-27)24-21(28)14-26-10-9-20(25-26)15-3-2-4-16(22)11-15/h2-13H,14H2,1H3,(H,24,28). The minimum absolute atomic E-state index is 0.0915. The number of nitrogens with zero attached hydrogens (tertiary/aromatic N) is 4. The van der Waals surface area contributed by atoms with Gasteiger partial charge >= 0.3 is 0 Å². The lowest BCUT2D eigenvalue weighted by Crippen LogP contribution is -2.18. The molecule has 0 saturated heterocycles. The lowest BCUT2D eigenvalue weighted by atomic mass is 10.2. The molecule has 0 aliphatic rings. The van der Waals surface area contributed by atoms with Crippen LogP contribution in [-0.2, 0) is 11.3 Å². The topological polar surface area (TPSA) is 74.0 Å². The number of benzene rings is 2. The van der Waals surface area contributed by atoms with Crippen molar-refractivity contribution < 1.29 is 9.53 Å². The quantitative estimate of drug-likeness (QED) is 0.523. The fraction of sp³-hybridized carbons (Fsp3) is 0.0952. The van der Waals surface area contributed by atoms with Gasteiger partial charge in [0.25, 0.3) is 0 Å². The first kappa shape index (κ1) is 18.8.